The van der Waals surface area contributed by atoms with Gasteiger partial charge in [-0.25, -0.2) is 0 Å². The summed E-state index contributed by atoms with van der Waals surface area (Å²) in [5.74, 6) is 0. The van der Waals surface area contributed by atoms with E-state index in [0.717, 1.165) is 13.1 Å². The van der Waals surface area contributed by atoms with Crippen LogP contribution in [0.25, 0.3) is 0 Å². The highest BCUT2D eigenvalue weighted by atomic mass is 15.1. The van der Waals surface area contributed by atoms with Crippen molar-refractivity contribution < 1.29 is 0 Å². The van der Waals surface area contributed by atoms with Crippen molar-refractivity contribution in [3.05, 3.63) is 23.4 Å². The topological polar surface area (TPSA) is 3.24 Å². The third-order valence-electron chi connectivity index (χ3n) is 2.55. The molecule has 0 aliphatic carbocycles. The zero-order valence-electron chi connectivity index (χ0n) is 10.4. The second kappa shape index (κ2) is 7.66. The smallest absolute Gasteiger partial charge is 0.0388 e. The van der Waals surface area contributed by atoms with Crippen LogP contribution >= 0.6 is 0 Å². The quantitative estimate of drug-likeness (QED) is 0.658. The average molecular weight is 195 g/mol. The molecule has 0 radical (unpaired) electrons. The minimum absolute atomic E-state index is 1.12. The number of rotatable bonds is 3. The van der Waals surface area contributed by atoms with Crippen LogP contribution in [0.4, 0.5) is 0 Å². The highest BCUT2D eigenvalue weighted by Crippen LogP contribution is 2.19. The van der Waals surface area contributed by atoms with Crippen LogP contribution in [0.15, 0.2) is 23.4 Å². The predicted molar refractivity (Wildman–Crippen MR) is 65.3 cm³/mol. The van der Waals surface area contributed by atoms with E-state index in [1.54, 1.807) is 11.1 Å². The van der Waals surface area contributed by atoms with Crippen LogP contribution < -0.4 is 0 Å². The van der Waals surface area contributed by atoms with Crippen LogP contribution in [-0.2, 0) is 0 Å². The molecule has 1 aliphatic rings. The molecule has 82 valence electrons. The maximum absolute atomic E-state index is 2.36. The normalized spacial score (nSPS) is 15.4. The summed E-state index contributed by atoms with van der Waals surface area (Å²) in [5.41, 5.74) is 3.16. The Balaban J connectivity index is 0.000000791. The molecule has 0 amide bonds. The van der Waals surface area contributed by atoms with Gasteiger partial charge < -0.3 is 4.90 Å². The Morgan fingerprint density at radius 1 is 1.14 bits per heavy atom. The zero-order valence-corrected chi connectivity index (χ0v) is 10.4. The summed E-state index contributed by atoms with van der Waals surface area (Å²) in [6.07, 6.45) is 6.87. The van der Waals surface area contributed by atoms with Crippen molar-refractivity contribution in [2.24, 2.45) is 0 Å². The maximum atomic E-state index is 2.36. The van der Waals surface area contributed by atoms with Crippen molar-refractivity contribution in [1.82, 2.24) is 4.90 Å². The maximum Gasteiger partial charge on any atom is 0.0388 e. The molecule has 1 heterocycles. The molecule has 0 bridgehead atoms. The first-order valence-electron chi connectivity index (χ1n) is 5.94. The molecule has 1 rings (SSSR count). The zero-order chi connectivity index (χ0) is 11.0. The lowest BCUT2D eigenvalue weighted by atomic mass is 10.0. The van der Waals surface area contributed by atoms with Crippen LogP contribution in [-0.4, -0.2) is 18.0 Å². The lowest BCUT2D eigenvalue weighted by molar-refractivity contribution is 0.417. The number of nitrogens with zero attached hydrogens (tertiary/aromatic N) is 1. The first-order chi connectivity index (χ1) is 6.81. The van der Waals surface area contributed by atoms with Gasteiger partial charge in [-0.1, -0.05) is 27.7 Å². The van der Waals surface area contributed by atoms with E-state index in [9.17, 15) is 0 Å². The Hall–Kier alpha value is -0.720. The van der Waals surface area contributed by atoms with Crippen molar-refractivity contribution in [1.29, 1.82) is 0 Å². The van der Waals surface area contributed by atoms with E-state index in [1.165, 1.54) is 12.8 Å². The predicted octanol–water partition coefficient (Wildman–Crippen LogP) is 3.98. The first kappa shape index (κ1) is 13.3. The van der Waals surface area contributed by atoms with Gasteiger partial charge in [0.2, 0.25) is 0 Å². The van der Waals surface area contributed by atoms with E-state index in [2.05, 4.69) is 37.9 Å². The Morgan fingerprint density at radius 2 is 1.79 bits per heavy atom. The Kier molecular flexibility index (Phi) is 7.27. The fraction of sp³-hybridized carbons (Fsp3) is 0.692. The van der Waals surface area contributed by atoms with E-state index in [1.807, 2.05) is 13.8 Å². The summed E-state index contributed by atoms with van der Waals surface area (Å²) in [6.45, 7) is 13.0. The summed E-state index contributed by atoms with van der Waals surface area (Å²) in [6, 6.07) is 0. The van der Waals surface area contributed by atoms with Gasteiger partial charge in [-0.15, -0.1) is 0 Å². The largest absolute Gasteiger partial charge is 0.374 e. The van der Waals surface area contributed by atoms with Crippen molar-refractivity contribution >= 4 is 0 Å². The second-order valence-corrected chi connectivity index (χ2v) is 3.21. The molecule has 0 atom stereocenters. The molecule has 14 heavy (non-hydrogen) atoms. The van der Waals surface area contributed by atoms with E-state index in [0.29, 0.717) is 0 Å². The molecular weight excluding hydrogens is 170 g/mol. The molecule has 0 aromatic heterocycles. The van der Waals surface area contributed by atoms with E-state index >= 15 is 0 Å². The van der Waals surface area contributed by atoms with Gasteiger partial charge in [0, 0.05) is 13.1 Å². The van der Waals surface area contributed by atoms with Crippen molar-refractivity contribution in [3.63, 3.8) is 0 Å². The minimum Gasteiger partial charge on any atom is -0.374 e. The summed E-state index contributed by atoms with van der Waals surface area (Å²) in [7, 11) is 0. The van der Waals surface area contributed by atoms with Crippen LogP contribution in [0, 0.1) is 0 Å². The third-order valence-corrected chi connectivity index (χ3v) is 2.55. The molecule has 1 nitrogen and oxygen atoms in total. The molecule has 0 saturated carbocycles. The number of hydrogen-bond donors (Lipinski definition) is 0. The van der Waals surface area contributed by atoms with Crippen LogP contribution in [0.1, 0.15) is 47.5 Å². The standard InChI is InChI=1S/C11H19N.C2H6/c1-4-10-7-8-12(6-3)9-11(10)5-2;1-2/h7-8H,4-6,9H2,1-3H3;1-2H3. The van der Waals surface area contributed by atoms with Gasteiger partial charge in [-0.3, -0.25) is 0 Å². The SMILES string of the molecule is CC.CCC1=C(CC)CN(CC)C=C1. The van der Waals surface area contributed by atoms with Crippen LogP contribution in [0.3, 0.4) is 0 Å². The summed E-state index contributed by atoms with van der Waals surface area (Å²) in [5, 5.41) is 0. The minimum atomic E-state index is 1.12. The molecular formula is C13H25N. The third kappa shape index (κ3) is 3.57. The molecule has 0 N–H and O–H groups in total. The van der Waals surface area contributed by atoms with Crippen LogP contribution in [0.2, 0.25) is 0 Å². The van der Waals surface area contributed by atoms with Gasteiger partial charge in [0.25, 0.3) is 0 Å². The molecule has 1 aliphatic heterocycles. The fourth-order valence-electron chi connectivity index (χ4n) is 1.64. The molecule has 0 aromatic rings. The van der Waals surface area contributed by atoms with Gasteiger partial charge in [0.05, 0.1) is 0 Å². The van der Waals surface area contributed by atoms with Gasteiger partial charge >= 0.3 is 0 Å². The van der Waals surface area contributed by atoms with Crippen molar-refractivity contribution in [2.45, 2.75) is 47.5 Å². The average Bonchev–Trinajstić information content (AvgIpc) is 2.30. The summed E-state index contributed by atoms with van der Waals surface area (Å²) >= 11 is 0. The first-order valence-corrected chi connectivity index (χ1v) is 5.94. The lowest BCUT2D eigenvalue weighted by Crippen LogP contribution is -2.22. The number of allylic oxidation sites excluding steroid dienone is 2. The highest BCUT2D eigenvalue weighted by molar-refractivity contribution is 5.29. The number of likely N-dealkylation sites (N-methyl/N-ethyl adjacent to an activating group) is 1. The monoisotopic (exact) mass is 195 g/mol. The molecule has 0 spiro atoms. The van der Waals surface area contributed by atoms with E-state index in [4.69, 9.17) is 0 Å². The number of hydrogen-bond acceptors (Lipinski definition) is 1. The molecule has 0 unspecified atom stereocenters. The van der Waals surface area contributed by atoms with E-state index < -0.39 is 0 Å². The fourth-order valence-corrected chi connectivity index (χ4v) is 1.64. The van der Waals surface area contributed by atoms with Gasteiger partial charge in [0.1, 0.15) is 0 Å². The van der Waals surface area contributed by atoms with E-state index in [-0.39, 0.29) is 0 Å². The summed E-state index contributed by atoms with van der Waals surface area (Å²) in [4.78, 5) is 2.36. The Bertz CT molecular complexity index is 201. The summed E-state index contributed by atoms with van der Waals surface area (Å²) < 4.78 is 0. The van der Waals surface area contributed by atoms with Crippen molar-refractivity contribution in [3.8, 4) is 0 Å². The second-order valence-electron chi connectivity index (χ2n) is 3.21. The molecule has 0 aromatic carbocycles. The highest BCUT2D eigenvalue weighted by Gasteiger charge is 2.08. The molecule has 0 fully saturated rings. The Morgan fingerprint density at radius 3 is 2.21 bits per heavy atom. The van der Waals surface area contributed by atoms with Gasteiger partial charge in [-0.2, -0.15) is 0 Å². The molecule has 0 saturated heterocycles. The van der Waals surface area contributed by atoms with Gasteiger partial charge in [0.15, 0.2) is 0 Å². The Labute approximate surface area is 89.5 Å². The van der Waals surface area contributed by atoms with Crippen LogP contribution in [0.5, 0.6) is 0 Å². The lowest BCUT2D eigenvalue weighted by Gasteiger charge is -2.25. The van der Waals surface area contributed by atoms with Gasteiger partial charge in [-0.05, 0) is 43.2 Å². The van der Waals surface area contributed by atoms with Crippen molar-refractivity contribution in [2.75, 3.05) is 13.1 Å². The molecule has 1 heteroatoms.